The summed E-state index contributed by atoms with van der Waals surface area (Å²) in [5.74, 6) is -0.399. The summed E-state index contributed by atoms with van der Waals surface area (Å²) in [6.45, 7) is 1.67. The van der Waals surface area contributed by atoms with Gasteiger partial charge in [-0.15, -0.1) is 0 Å². The summed E-state index contributed by atoms with van der Waals surface area (Å²) in [6.07, 6.45) is 8.52. The van der Waals surface area contributed by atoms with Crippen molar-refractivity contribution in [3.05, 3.63) is 68.7 Å². The molecule has 2 aromatic carbocycles. The first-order valence-electron chi connectivity index (χ1n) is 13.0. The lowest BCUT2D eigenvalue weighted by atomic mass is 9.60. The van der Waals surface area contributed by atoms with Crippen LogP contribution in [0.15, 0.2) is 40.4 Å². The highest BCUT2D eigenvalue weighted by molar-refractivity contribution is 7.22. The number of hydrogen-bond donors (Lipinski definition) is 1. The van der Waals surface area contributed by atoms with Crippen LogP contribution in [0.5, 0.6) is 0 Å². The molecule has 0 bridgehead atoms. The summed E-state index contributed by atoms with van der Waals surface area (Å²) in [5, 5.41) is 15.5. The van der Waals surface area contributed by atoms with E-state index >= 15 is 0 Å². The smallest absolute Gasteiger partial charge is 0.335 e. The van der Waals surface area contributed by atoms with Crippen LogP contribution >= 0.6 is 34.5 Å². The molecular formula is C29H24Cl2FN3O3S. The molecule has 0 amide bonds. The van der Waals surface area contributed by atoms with Gasteiger partial charge in [0.1, 0.15) is 17.0 Å². The number of benzene rings is 2. The molecule has 10 heteroatoms. The molecule has 3 fully saturated rings. The summed E-state index contributed by atoms with van der Waals surface area (Å²) in [4.78, 5) is 18.0. The lowest BCUT2D eigenvalue weighted by Crippen LogP contribution is -2.44. The molecule has 200 valence electrons. The standard InChI is InChI=1S/C29H24Cl2FN3O3S/c30-19-2-1-3-20(31)23(19)24-18(26(38-34-24)16-4-5-16)10-15-13-29(14-15)6-8-35(9-7-29)28-33-25-21(32)11-17(27(36)37)12-22(25)39-28/h1-3,10-12,16H,4-9,13-14H2,(H,36,37). The largest absolute Gasteiger partial charge is 0.478 e. The highest BCUT2D eigenvalue weighted by Crippen LogP contribution is 2.55. The molecule has 3 heterocycles. The number of rotatable bonds is 5. The number of fused-ring (bicyclic) bond motifs is 1. The number of thiazole rings is 1. The third-order valence-corrected chi connectivity index (χ3v) is 9.93. The Morgan fingerprint density at radius 2 is 1.90 bits per heavy atom. The number of carboxylic acid groups (broad SMARTS) is 1. The molecule has 6 nitrogen and oxygen atoms in total. The molecule has 2 saturated carbocycles. The predicted molar refractivity (Wildman–Crippen MR) is 152 cm³/mol. The van der Waals surface area contributed by atoms with E-state index in [0.29, 0.717) is 31.9 Å². The van der Waals surface area contributed by atoms with Crippen LogP contribution in [-0.4, -0.2) is 34.3 Å². The second kappa shape index (κ2) is 9.32. The molecule has 0 atom stereocenters. The Morgan fingerprint density at radius 3 is 2.56 bits per heavy atom. The van der Waals surface area contributed by atoms with Crippen molar-refractivity contribution in [2.24, 2.45) is 5.41 Å². The molecule has 1 spiro atoms. The zero-order valence-electron chi connectivity index (χ0n) is 20.8. The van der Waals surface area contributed by atoms with E-state index in [-0.39, 0.29) is 16.5 Å². The summed E-state index contributed by atoms with van der Waals surface area (Å²) in [7, 11) is 0. The number of aromatic nitrogens is 2. The Labute approximate surface area is 238 Å². The zero-order chi connectivity index (χ0) is 26.9. The molecule has 1 saturated heterocycles. The van der Waals surface area contributed by atoms with Crippen molar-refractivity contribution in [2.75, 3.05) is 18.0 Å². The van der Waals surface area contributed by atoms with Crippen molar-refractivity contribution in [1.82, 2.24) is 10.1 Å². The molecule has 4 aromatic rings. The first-order valence-corrected chi connectivity index (χ1v) is 14.6. The van der Waals surface area contributed by atoms with E-state index in [4.69, 9.17) is 27.7 Å². The average Bonchev–Trinajstić information content (AvgIpc) is 3.51. The van der Waals surface area contributed by atoms with Crippen molar-refractivity contribution in [2.45, 2.75) is 44.4 Å². The number of allylic oxidation sites excluding steroid dienone is 1. The van der Waals surface area contributed by atoms with E-state index in [1.54, 1.807) is 0 Å². The van der Waals surface area contributed by atoms with Gasteiger partial charge in [-0.2, -0.15) is 0 Å². The van der Waals surface area contributed by atoms with Gasteiger partial charge in [-0.05, 0) is 74.3 Å². The minimum absolute atomic E-state index is 0.0563. The number of aromatic carboxylic acids is 1. The van der Waals surface area contributed by atoms with Gasteiger partial charge in [0.25, 0.3) is 0 Å². The normalized spacial score (nSPS) is 18.5. The van der Waals surface area contributed by atoms with Crippen LogP contribution in [0.2, 0.25) is 10.0 Å². The number of hydrogen-bond acceptors (Lipinski definition) is 6. The van der Waals surface area contributed by atoms with Gasteiger partial charge in [0, 0.05) is 30.1 Å². The maximum Gasteiger partial charge on any atom is 0.335 e. The summed E-state index contributed by atoms with van der Waals surface area (Å²) < 4.78 is 20.9. The van der Waals surface area contributed by atoms with Crippen LogP contribution < -0.4 is 4.90 Å². The SMILES string of the molecule is O=C(O)c1cc(F)c2nc(N3CCC4(CC3)CC(=Cc3c(-c5c(Cl)cccc5Cl)noc3C3CC3)C4)sc2c1. The monoisotopic (exact) mass is 583 g/mol. The minimum atomic E-state index is -1.14. The lowest BCUT2D eigenvalue weighted by molar-refractivity contribution is 0.0696. The van der Waals surface area contributed by atoms with E-state index in [9.17, 15) is 14.3 Å². The van der Waals surface area contributed by atoms with Crippen LogP contribution in [0.4, 0.5) is 9.52 Å². The molecule has 1 N–H and O–H groups in total. The zero-order valence-corrected chi connectivity index (χ0v) is 23.2. The number of halogens is 3. The fourth-order valence-electron chi connectivity index (χ4n) is 5.97. The molecule has 2 aromatic heterocycles. The predicted octanol–water partition coefficient (Wildman–Crippen LogP) is 8.44. The van der Waals surface area contributed by atoms with Crippen LogP contribution in [0.25, 0.3) is 27.6 Å². The van der Waals surface area contributed by atoms with Crippen molar-refractivity contribution < 1.29 is 18.8 Å². The van der Waals surface area contributed by atoms with E-state index < -0.39 is 11.8 Å². The molecule has 2 aliphatic carbocycles. The number of piperidine rings is 1. The van der Waals surface area contributed by atoms with Gasteiger partial charge >= 0.3 is 5.97 Å². The van der Waals surface area contributed by atoms with Crippen LogP contribution in [-0.2, 0) is 0 Å². The topological polar surface area (TPSA) is 79.5 Å². The van der Waals surface area contributed by atoms with Gasteiger partial charge in [0.2, 0.25) is 0 Å². The second-order valence-electron chi connectivity index (χ2n) is 10.9. The van der Waals surface area contributed by atoms with Crippen molar-refractivity contribution in [1.29, 1.82) is 0 Å². The van der Waals surface area contributed by atoms with E-state index in [1.165, 1.54) is 23.0 Å². The first kappa shape index (κ1) is 25.1. The van der Waals surface area contributed by atoms with E-state index in [2.05, 4.69) is 21.1 Å². The third kappa shape index (κ3) is 4.42. The van der Waals surface area contributed by atoms with Crippen LogP contribution in [0.3, 0.4) is 0 Å². The van der Waals surface area contributed by atoms with Crippen LogP contribution in [0.1, 0.15) is 66.1 Å². The lowest BCUT2D eigenvalue weighted by Gasteiger charge is -2.49. The van der Waals surface area contributed by atoms with Gasteiger partial charge in [-0.1, -0.05) is 51.3 Å². The Kier molecular flexibility index (Phi) is 5.99. The Bertz CT molecular complexity index is 1640. The highest BCUT2D eigenvalue weighted by Gasteiger charge is 2.44. The molecule has 3 aliphatic rings. The summed E-state index contributed by atoms with van der Waals surface area (Å²) in [5.41, 5.74) is 4.24. The maximum absolute atomic E-state index is 14.5. The van der Waals surface area contributed by atoms with Gasteiger partial charge in [-0.25, -0.2) is 14.2 Å². The molecule has 39 heavy (non-hydrogen) atoms. The fourth-order valence-corrected chi connectivity index (χ4v) is 7.62. The average molecular weight is 585 g/mol. The van der Waals surface area contributed by atoms with Crippen molar-refractivity contribution in [3.63, 3.8) is 0 Å². The maximum atomic E-state index is 14.5. The quantitative estimate of drug-likeness (QED) is 0.254. The Morgan fingerprint density at radius 1 is 1.18 bits per heavy atom. The van der Waals surface area contributed by atoms with E-state index in [0.717, 1.165) is 74.1 Å². The summed E-state index contributed by atoms with van der Waals surface area (Å²) in [6, 6.07) is 8.01. The minimum Gasteiger partial charge on any atom is -0.478 e. The Balaban J connectivity index is 1.09. The number of anilines is 1. The fraction of sp³-hybridized carbons (Fsp3) is 0.345. The highest BCUT2D eigenvalue weighted by atomic mass is 35.5. The number of carbonyl (C=O) groups is 1. The van der Waals surface area contributed by atoms with Gasteiger partial charge < -0.3 is 14.5 Å². The molecule has 0 radical (unpaired) electrons. The van der Waals surface area contributed by atoms with Gasteiger partial charge in [0.15, 0.2) is 10.9 Å². The third-order valence-electron chi connectivity index (χ3n) is 8.23. The van der Waals surface area contributed by atoms with Gasteiger partial charge in [-0.3, -0.25) is 0 Å². The summed E-state index contributed by atoms with van der Waals surface area (Å²) >= 11 is 14.4. The molecule has 0 unspecified atom stereocenters. The second-order valence-corrected chi connectivity index (χ2v) is 12.8. The molecule has 1 aliphatic heterocycles. The van der Waals surface area contributed by atoms with Crippen LogP contribution in [0, 0.1) is 11.2 Å². The number of carboxylic acids is 1. The van der Waals surface area contributed by atoms with E-state index in [1.807, 2.05) is 18.2 Å². The first-order chi connectivity index (χ1) is 18.8. The van der Waals surface area contributed by atoms with Gasteiger partial charge in [0.05, 0.1) is 20.3 Å². The molecule has 7 rings (SSSR count). The molecular weight excluding hydrogens is 560 g/mol. The van der Waals surface area contributed by atoms with Crippen molar-refractivity contribution in [3.8, 4) is 11.3 Å². The van der Waals surface area contributed by atoms with Crippen molar-refractivity contribution >= 4 is 61.9 Å². The Hall–Kier alpha value is -2.94. The number of nitrogens with zero attached hydrogens (tertiary/aromatic N) is 3.